The van der Waals surface area contributed by atoms with Crippen molar-refractivity contribution in [1.82, 2.24) is 4.90 Å². The lowest BCUT2D eigenvalue weighted by Gasteiger charge is -2.20. The van der Waals surface area contributed by atoms with E-state index in [4.69, 9.17) is 9.47 Å². The standard InChI is InChI=1S/C21H27N3O3/c1-6-26-20-13-17(14-22-23-18-10-7-15(2)8-11-18)9-12-19(20)27-16(3)21(25)24(4)5/h7-14,16,23H,6H2,1-5H3/b22-14-/t16-/m0/s1. The molecule has 0 aliphatic carbocycles. The second kappa shape index (κ2) is 9.62. The lowest BCUT2D eigenvalue weighted by molar-refractivity contribution is -0.135. The largest absolute Gasteiger partial charge is 0.490 e. The van der Waals surface area contributed by atoms with Crippen molar-refractivity contribution in [2.24, 2.45) is 5.10 Å². The number of likely N-dealkylation sites (N-methyl/N-ethyl adjacent to an activating group) is 1. The summed E-state index contributed by atoms with van der Waals surface area (Å²) < 4.78 is 11.4. The summed E-state index contributed by atoms with van der Waals surface area (Å²) >= 11 is 0. The molecular formula is C21H27N3O3. The van der Waals surface area contributed by atoms with Crippen LogP contribution in [0.5, 0.6) is 11.5 Å². The third-order valence-electron chi connectivity index (χ3n) is 3.82. The molecular weight excluding hydrogens is 342 g/mol. The minimum absolute atomic E-state index is 0.106. The molecule has 0 saturated carbocycles. The molecule has 6 nitrogen and oxygen atoms in total. The van der Waals surface area contributed by atoms with Gasteiger partial charge in [0.25, 0.3) is 5.91 Å². The van der Waals surface area contributed by atoms with Crippen LogP contribution in [0.3, 0.4) is 0 Å². The number of hydrogen-bond donors (Lipinski definition) is 1. The topological polar surface area (TPSA) is 63.2 Å². The summed E-state index contributed by atoms with van der Waals surface area (Å²) in [6.45, 7) is 6.16. The van der Waals surface area contributed by atoms with Gasteiger partial charge >= 0.3 is 0 Å². The molecule has 0 radical (unpaired) electrons. The number of rotatable bonds is 8. The lowest BCUT2D eigenvalue weighted by atomic mass is 10.2. The minimum atomic E-state index is -0.595. The Hall–Kier alpha value is -3.02. The molecule has 0 bridgehead atoms. The van der Waals surface area contributed by atoms with Crippen LogP contribution in [0, 0.1) is 6.92 Å². The van der Waals surface area contributed by atoms with Crippen molar-refractivity contribution in [2.75, 3.05) is 26.1 Å². The summed E-state index contributed by atoms with van der Waals surface area (Å²) in [5, 5.41) is 4.25. The van der Waals surface area contributed by atoms with E-state index in [9.17, 15) is 4.79 Å². The van der Waals surface area contributed by atoms with Gasteiger partial charge in [0, 0.05) is 14.1 Å². The van der Waals surface area contributed by atoms with Crippen molar-refractivity contribution >= 4 is 17.8 Å². The van der Waals surface area contributed by atoms with Crippen molar-refractivity contribution in [2.45, 2.75) is 26.9 Å². The molecule has 0 unspecified atom stereocenters. The molecule has 1 amide bonds. The molecule has 27 heavy (non-hydrogen) atoms. The average Bonchev–Trinajstić information content (AvgIpc) is 2.64. The molecule has 1 atom stereocenters. The molecule has 0 fully saturated rings. The van der Waals surface area contributed by atoms with E-state index in [1.54, 1.807) is 33.3 Å². The number of carbonyl (C=O) groups is 1. The Labute approximate surface area is 160 Å². The van der Waals surface area contributed by atoms with Gasteiger partial charge in [-0.3, -0.25) is 10.2 Å². The van der Waals surface area contributed by atoms with Gasteiger partial charge in [-0.1, -0.05) is 17.7 Å². The van der Waals surface area contributed by atoms with E-state index in [2.05, 4.69) is 10.5 Å². The summed E-state index contributed by atoms with van der Waals surface area (Å²) in [4.78, 5) is 13.5. The molecule has 0 heterocycles. The number of amides is 1. The van der Waals surface area contributed by atoms with Crippen LogP contribution in [0.2, 0.25) is 0 Å². The van der Waals surface area contributed by atoms with Crippen molar-refractivity contribution in [1.29, 1.82) is 0 Å². The second-order valence-electron chi connectivity index (χ2n) is 6.37. The highest BCUT2D eigenvalue weighted by atomic mass is 16.5. The number of benzene rings is 2. The van der Waals surface area contributed by atoms with E-state index >= 15 is 0 Å². The van der Waals surface area contributed by atoms with Crippen molar-refractivity contribution < 1.29 is 14.3 Å². The van der Waals surface area contributed by atoms with E-state index in [1.165, 1.54) is 10.5 Å². The molecule has 0 aliphatic heterocycles. The van der Waals surface area contributed by atoms with Crippen LogP contribution in [0.1, 0.15) is 25.0 Å². The van der Waals surface area contributed by atoms with Gasteiger partial charge in [0.2, 0.25) is 0 Å². The van der Waals surface area contributed by atoms with E-state index in [-0.39, 0.29) is 5.91 Å². The molecule has 2 aromatic rings. The van der Waals surface area contributed by atoms with E-state index in [0.29, 0.717) is 18.1 Å². The van der Waals surface area contributed by atoms with E-state index < -0.39 is 6.10 Å². The number of ether oxygens (including phenoxy) is 2. The minimum Gasteiger partial charge on any atom is -0.490 e. The predicted molar refractivity (Wildman–Crippen MR) is 109 cm³/mol. The highest BCUT2D eigenvalue weighted by Crippen LogP contribution is 2.29. The van der Waals surface area contributed by atoms with Gasteiger partial charge in [-0.2, -0.15) is 5.10 Å². The van der Waals surface area contributed by atoms with Gasteiger partial charge in [0.1, 0.15) is 0 Å². The number of hydrazone groups is 1. The SMILES string of the molecule is CCOc1cc(/C=N\Nc2ccc(C)cc2)ccc1O[C@@H](C)C(=O)N(C)C. The van der Waals surface area contributed by atoms with Gasteiger partial charge in [0.15, 0.2) is 17.6 Å². The van der Waals surface area contributed by atoms with Crippen LogP contribution < -0.4 is 14.9 Å². The van der Waals surface area contributed by atoms with Crippen LogP contribution in [-0.2, 0) is 4.79 Å². The number of anilines is 1. The zero-order chi connectivity index (χ0) is 19.8. The van der Waals surface area contributed by atoms with Crippen LogP contribution >= 0.6 is 0 Å². The number of nitrogens with zero attached hydrogens (tertiary/aromatic N) is 2. The Morgan fingerprint density at radius 1 is 1.19 bits per heavy atom. The van der Waals surface area contributed by atoms with Crippen molar-refractivity contribution in [3.05, 3.63) is 53.6 Å². The normalized spacial score (nSPS) is 11.9. The molecule has 0 aromatic heterocycles. The molecule has 0 saturated heterocycles. The number of hydrogen-bond acceptors (Lipinski definition) is 5. The fourth-order valence-electron chi connectivity index (χ4n) is 2.38. The van der Waals surface area contributed by atoms with Gasteiger partial charge in [0.05, 0.1) is 18.5 Å². The highest BCUT2D eigenvalue weighted by molar-refractivity contribution is 5.82. The van der Waals surface area contributed by atoms with Gasteiger partial charge in [-0.25, -0.2) is 0 Å². The van der Waals surface area contributed by atoms with Crippen LogP contribution in [-0.4, -0.2) is 43.8 Å². The van der Waals surface area contributed by atoms with Gasteiger partial charge < -0.3 is 14.4 Å². The first-order valence-electron chi connectivity index (χ1n) is 8.91. The average molecular weight is 369 g/mol. The zero-order valence-corrected chi connectivity index (χ0v) is 16.5. The van der Waals surface area contributed by atoms with Crippen LogP contribution in [0.15, 0.2) is 47.6 Å². The van der Waals surface area contributed by atoms with Crippen LogP contribution in [0.4, 0.5) is 5.69 Å². The van der Waals surface area contributed by atoms with E-state index in [1.807, 2.05) is 50.2 Å². The first-order chi connectivity index (χ1) is 12.9. The highest BCUT2D eigenvalue weighted by Gasteiger charge is 2.18. The summed E-state index contributed by atoms with van der Waals surface area (Å²) in [6.07, 6.45) is 1.11. The molecule has 2 aromatic carbocycles. The molecule has 6 heteroatoms. The van der Waals surface area contributed by atoms with E-state index in [0.717, 1.165) is 11.3 Å². The molecule has 1 N–H and O–H groups in total. The maximum Gasteiger partial charge on any atom is 0.262 e. The number of carbonyl (C=O) groups excluding carboxylic acids is 1. The Morgan fingerprint density at radius 2 is 1.89 bits per heavy atom. The third-order valence-corrected chi connectivity index (χ3v) is 3.82. The number of aryl methyl sites for hydroxylation is 1. The van der Waals surface area contributed by atoms with Gasteiger partial charge in [-0.05, 0) is 56.7 Å². The zero-order valence-electron chi connectivity index (χ0n) is 16.5. The van der Waals surface area contributed by atoms with Crippen LogP contribution in [0.25, 0.3) is 0 Å². The Bertz CT molecular complexity index is 786. The quantitative estimate of drug-likeness (QED) is 0.569. The Balaban J connectivity index is 2.10. The van der Waals surface area contributed by atoms with Gasteiger partial charge in [-0.15, -0.1) is 0 Å². The Kier molecular flexibility index (Phi) is 7.23. The maximum absolute atomic E-state index is 12.0. The first kappa shape index (κ1) is 20.3. The lowest BCUT2D eigenvalue weighted by Crippen LogP contribution is -2.35. The fraction of sp³-hybridized carbons (Fsp3) is 0.333. The second-order valence-corrected chi connectivity index (χ2v) is 6.37. The monoisotopic (exact) mass is 369 g/mol. The number of nitrogens with one attached hydrogen (secondary N) is 1. The summed E-state index contributed by atoms with van der Waals surface area (Å²) in [5.41, 5.74) is 5.96. The molecule has 144 valence electrons. The van der Waals surface area contributed by atoms with Crippen molar-refractivity contribution in [3.63, 3.8) is 0 Å². The predicted octanol–water partition coefficient (Wildman–Crippen LogP) is 3.70. The van der Waals surface area contributed by atoms with Crippen molar-refractivity contribution in [3.8, 4) is 11.5 Å². The molecule has 0 aliphatic rings. The maximum atomic E-state index is 12.0. The summed E-state index contributed by atoms with van der Waals surface area (Å²) in [6, 6.07) is 13.5. The first-order valence-corrected chi connectivity index (χ1v) is 8.91. The summed E-state index contributed by atoms with van der Waals surface area (Å²) in [5.74, 6) is 1.00. The smallest absolute Gasteiger partial charge is 0.262 e. The third kappa shape index (κ3) is 6.02. The molecule has 0 spiro atoms. The fourth-order valence-corrected chi connectivity index (χ4v) is 2.38. The summed E-state index contributed by atoms with van der Waals surface area (Å²) in [7, 11) is 3.40. The Morgan fingerprint density at radius 3 is 2.52 bits per heavy atom. The molecule has 2 rings (SSSR count).